The Bertz CT molecular complexity index is 574. The number of benzene rings is 2. The standard InChI is InChI=1S/C19H24O2/c1-4-21-18-8-6-5-7-16(18)13-19(3,14-20)17-11-9-15(2)10-12-17/h5-12,20H,4,13-14H2,1-3H3. The summed E-state index contributed by atoms with van der Waals surface area (Å²) in [6, 6.07) is 16.5. The van der Waals surface area contributed by atoms with E-state index < -0.39 is 0 Å². The van der Waals surface area contributed by atoms with Crippen molar-refractivity contribution in [2.45, 2.75) is 32.6 Å². The highest BCUT2D eigenvalue weighted by atomic mass is 16.5. The molecule has 1 unspecified atom stereocenters. The maximum atomic E-state index is 9.95. The number of ether oxygens (including phenoxy) is 1. The van der Waals surface area contributed by atoms with Crippen LogP contribution in [-0.2, 0) is 11.8 Å². The number of aliphatic hydroxyl groups excluding tert-OH is 1. The summed E-state index contributed by atoms with van der Waals surface area (Å²) in [6.45, 7) is 6.92. The van der Waals surface area contributed by atoms with Crippen LogP contribution in [0.15, 0.2) is 48.5 Å². The monoisotopic (exact) mass is 284 g/mol. The van der Waals surface area contributed by atoms with Crippen LogP contribution in [0, 0.1) is 6.92 Å². The smallest absolute Gasteiger partial charge is 0.122 e. The highest BCUT2D eigenvalue weighted by Crippen LogP contribution is 2.31. The van der Waals surface area contributed by atoms with E-state index in [-0.39, 0.29) is 12.0 Å². The van der Waals surface area contributed by atoms with E-state index in [1.54, 1.807) is 0 Å². The molecule has 0 aliphatic carbocycles. The van der Waals surface area contributed by atoms with Crippen molar-refractivity contribution in [2.24, 2.45) is 0 Å². The molecule has 0 aromatic heterocycles. The van der Waals surface area contributed by atoms with Crippen LogP contribution in [0.2, 0.25) is 0 Å². The van der Waals surface area contributed by atoms with Gasteiger partial charge in [0.05, 0.1) is 13.2 Å². The fraction of sp³-hybridized carbons (Fsp3) is 0.368. The molecule has 0 bridgehead atoms. The summed E-state index contributed by atoms with van der Waals surface area (Å²) in [5, 5.41) is 9.95. The van der Waals surface area contributed by atoms with E-state index in [0.29, 0.717) is 6.61 Å². The van der Waals surface area contributed by atoms with E-state index in [9.17, 15) is 5.11 Å². The Morgan fingerprint density at radius 1 is 1.05 bits per heavy atom. The van der Waals surface area contributed by atoms with Gasteiger partial charge in [0.15, 0.2) is 0 Å². The molecule has 0 aliphatic heterocycles. The van der Waals surface area contributed by atoms with Crippen molar-refractivity contribution in [2.75, 3.05) is 13.2 Å². The summed E-state index contributed by atoms with van der Waals surface area (Å²) < 4.78 is 5.70. The predicted molar refractivity (Wildman–Crippen MR) is 86.9 cm³/mol. The van der Waals surface area contributed by atoms with Gasteiger partial charge in [0.2, 0.25) is 0 Å². The molecular weight excluding hydrogens is 260 g/mol. The summed E-state index contributed by atoms with van der Waals surface area (Å²) in [6.07, 6.45) is 0.753. The Morgan fingerprint density at radius 2 is 1.71 bits per heavy atom. The third-order valence-corrected chi connectivity index (χ3v) is 3.95. The van der Waals surface area contributed by atoms with Gasteiger partial charge < -0.3 is 9.84 Å². The average Bonchev–Trinajstić information content (AvgIpc) is 2.50. The molecular formula is C19H24O2. The van der Waals surface area contributed by atoms with Crippen LogP contribution in [0.25, 0.3) is 0 Å². The first kappa shape index (κ1) is 15.6. The second-order valence-electron chi connectivity index (χ2n) is 5.80. The van der Waals surface area contributed by atoms with Crippen molar-refractivity contribution in [3.05, 3.63) is 65.2 Å². The molecule has 1 N–H and O–H groups in total. The maximum absolute atomic E-state index is 9.95. The van der Waals surface area contributed by atoms with E-state index in [1.165, 1.54) is 5.56 Å². The topological polar surface area (TPSA) is 29.5 Å². The Labute approximate surface area is 127 Å². The molecule has 2 heteroatoms. The average molecular weight is 284 g/mol. The van der Waals surface area contributed by atoms with E-state index in [2.05, 4.69) is 44.2 Å². The Balaban J connectivity index is 2.32. The molecule has 2 rings (SSSR count). The van der Waals surface area contributed by atoms with E-state index in [4.69, 9.17) is 4.74 Å². The zero-order chi connectivity index (χ0) is 15.3. The predicted octanol–water partition coefficient (Wildman–Crippen LogP) is 3.89. The third kappa shape index (κ3) is 3.64. The van der Waals surface area contributed by atoms with Crippen LogP contribution >= 0.6 is 0 Å². The molecule has 0 aliphatic rings. The van der Waals surface area contributed by atoms with Gasteiger partial charge in [-0.1, -0.05) is 55.0 Å². The van der Waals surface area contributed by atoms with Gasteiger partial charge in [0.1, 0.15) is 5.75 Å². The van der Waals surface area contributed by atoms with Gasteiger partial charge in [-0.3, -0.25) is 0 Å². The zero-order valence-electron chi connectivity index (χ0n) is 13.1. The van der Waals surface area contributed by atoms with Gasteiger partial charge >= 0.3 is 0 Å². The second kappa shape index (κ2) is 6.77. The van der Waals surface area contributed by atoms with Crippen LogP contribution in [-0.4, -0.2) is 18.3 Å². The first-order valence-corrected chi connectivity index (χ1v) is 7.48. The summed E-state index contributed by atoms with van der Waals surface area (Å²) >= 11 is 0. The van der Waals surface area contributed by atoms with Gasteiger partial charge in [0, 0.05) is 5.41 Å². The van der Waals surface area contributed by atoms with Gasteiger partial charge in [-0.05, 0) is 37.5 Å². The Kier molecular flexibility index (Phi) is 5.03. The van der Waals surface area contributed by atoms with Crippen molar-refractivity contribution in [3.8, 4) is 5.75 Å². The van der Waals surface area contributed by atoms with Crippen molar-refractivity contribution < 1.29 is 9.84 Å². The minimum atomic E-state index is -0.305. The first-order chi connectivity index (χ1) is 10.1. The fourth-order valence-electron chi connectivity index (χ4n) is 2.57. The number of hydrogen-bond donors (Lipinski definition) is 1. The molecule has 0 radical (unpaired) electrons. The van der Waals surface area contributed by atoms with Crippen LogP contribution < -0.4 is 4.74 Å². The van der Waals surface area contributed by atoms with E-state index in [1.807, 2.05) is 25.1 Å². The lowest BCUT2D eigenvalue weighted by atomic mass is 9.77. The molecule has 1 atom stereocenters. The molecule has 112 valence electrons. The van der Waals surface area contributed by atoms with Gasteiger partial charge in [-0.2, -0.15) is 0 Å². The number of aryl methyl sites for hydroxylation is 1. The lowest BCUT2D eigenvalue weighted by Crippen LogP contribution is -2.29. The molecule has 0 saturated heterocycles. The largest absolute Gasteiger partial charge is 0.494 e. The molecule has 21 heavy (non-hydrogen) atoms. The van der Waals surface area contributed by atoms with Gasteiger partial charge in [0.25, 0.3) is 0 Å². The number of aliphatic hydroxyl groups is 1. The molecule has 2 nitrogen and oxygen atoms in total. The maximum Gasteiger partial charge on any atom is 0.122 e. The van der Waals surface area contributed by atoms with E-state index >= 15 is 0 Å². The lowest BCUT2D eigenvalue weighted by molar-refractivity contribution is 0.203. The van der Waals surface area contributed by atoms with Gasteiger partial charge in [-0.15, -0.1) is 0 Å². The lowest BCUT2D eigenvalue weighted by Gasteiger charge is -2.29. The number of rotatable bonds is 6. The Hall–Kier alpha value is -1.80. The minimum absolute atomic E-state index is 0.108. The van der Waals surface area contributed by atoms with Crippen LogP contribution in [0.3, 0.4) is 0 Å². The third-order valence-electron chi connectivity index (χ3n) is 3.95. The highest BCUT2D eigenvalue weighted by Gasteiger charge is 2.27. The summed E-state index contributed by atoms with van der Waals surface area (Å²) in [4.78, 5) is 0. The van der Waals surface area contributed by atoms with Gasteiger partial charge in [-0.25, -0.2) is 0 Å². The number of para-hydroxylation sites is 1. The van der Waals surface area contributed by atoms with Crippen molar-refractivity contribution in [1.29, 1.82) is 0 Å². The fourth-order valence-corrected chi connectivity index (χ4v) is 2.57. The summed E-state index contributed by atoms with van der Waals surface area (Å²) in [5.74, 6) is 0.909. The second-order valence-corrected chi connectivity index (χ2v) is 5.80. The van der Waals surface area contributed by atoms with E-state index in [0.717, 1.165) is 23.3 Å². The minimum Gasteiger partial charge on any atom is -0.494 e. The van der Waals surface area contributed by atoms with Crippen LogP contribution in [0.4, 0.5) is 0 Å². The molecule has 0 spiro atoms. The summed E-state index contributed by atoms with van der Waals surface area (Å²) in [5.41, 5.74) is 3.22. The molecule has 2 aromatic rings. The molecule has 0 amide bonds. The SMILES string of the molecule is CCOc1ccccc1CC(C)(CO)c1ccc(C)cc1. The van der Waals surface area contributed by atoms with Crippen molar-refractivity contribution in [1.82, 2.24) is 0 Å². The molecule has 0 heterocycles. The van der Waals surface area contributed by atoms with Crippen LogP contribution in [0.1, 0.15) is 30.5 Å². The Morgan fingerprint density at radius 3 is 2.33 bits per heavy atom. The molecule has 0 saturated carbocycles. The van der Waals surface area contributed by atoms with Crippen molar-refractivity contribution in [3.63, 3.8) is 0 Å². The zero-order valence-corrected chi connectivity index (χ0v) is 13.1. The van der Waals surface area contributed by atoms with Crippen LogP contribution in [0.5, 0.6) is 5.75 Å². The normalized spacial score (nSPS) is 13.7. The molecule has 2 aromatic carbocycles. The first-order valence-electron chi connectivity index (χ1n) is 7.48. The van der Waals surface area contributed by atoms with Crippen molar-refractivity contribution >= 4 is 0 Å². The summed E-state index contributed by atoms with van der Waals surface area (Å²) in [7, 11) is 0. The molecule has 0 fully saturated rings. The number of hydrogen-bond acceptors (Lipinski definition) is 2. The quantitative estimate of drug-likeness (QED) is 0.872. The highest BCUT2D eigenvalue weighted by molar-refractivity contribution is 5.38.